The third kappa shape index (κ3) is 8.46. The molecule has 5 unspecified atom stereocenters. The van der Waals surface area contributed by atoms with Gasteiger partial charge in [-0.05, 0) is 130 Å². The molecule has 9 heteroatoms. The Morgan fingerprint density at radius 1 is 1.04 bits per heavy atom. The van der Waals surface area contributed by atoms with E-state index in [-0.39, 0.29) is 31.0 Å². The number of esters is 1. The lowest BCUT2D eigenvalue weighted by atomic mass is 9.52. The lowest BCUT2D eigenvalue weighted by Gasteiger charge is -2.53. The number of unbranched alkanes of at least 4 members (excludes halogenated alkanes) is 4. The summed E-state index contributed by atoms with van der Waals surface area (Å²) in [6.45, 7) is 4.10. The van der Waals surface area contributed by atoms with E-state index < -0.39 is 30.4 Å². The Hall–Kier alpha value is -2.16. The molecule has 2 saturated carbocycles. The van der Waals surface area contributed by atoms with Crippen molar-refractivity contribution in [3.05, 3.63) is 41.5 Å². The maximum atomic E-state index is 13.3. The minimum absolute atomic E-state index is 0.00748. The molecule has 1 aromatic carbocycles. The molecule has 0 spiro atoms. The van der Waals surface area contributed by atoms with Gasteiger partial charge in [0.1, 0.15) is 5.75 Å². The average Bonchev–Trinajstić information content (AvgIpc) is 3.31. The second-order valence-electron chi connectivity index (χ2n) is 14.2. The first-order chi connectivity index (χ1) is 21.8. The largest absolute Gasteiger partial charge is 0.497 e. The van der Waals surface area contributed by atoms with E-state index in [1.165, 1.54) is 11.1 Å². The first-order valence-electron chi connectivity index (χ1n) is 17.4. The Morgan fingerprint density at radius 2 is 1.78 bits per heavy atom. The van der Waals surface area contributed by atoms with Gasteiger partial charge in [-0.15, -0.1) is 0 Å². The molecule has 1 N–H and O–H groups in total. The van der Waals surface area contributed by atoms with Crippen molar-refractivity contribution in [3.63, 3.8) is 0 Å². The maximum absolute atomic E-state index is 13.3. The summed E-state index contributed by atoms with van der Waals surface area (Å²) in [6, 6.07) is 6.57. The first-order valence-corrected chi connectivity index (χ1v) is 17.4. The number of allylic oxidation sites excluding steroid dienone is 2. The van der Waals surface area contributed by atoms with Crippen molar-refractivity contribution >= 4 is 5.97 Å². The summed E-state index contributed by atoms with van der Waals surface area (Å²) in [5.41, 5.74) is 2.88. The zero-order valence-corrected chi connectivity index (χ0v) is 27.7. The molecule has 3 aliphatic rings. The standard InChI is InChI=1S/C37H53F5O4/c1-4-46-34(44)25(15-12-21-36(38,39)37(40,41)42)13-10-8-6-5-7-9-11-14-26-23-27-24-28(45-3)16-17-29(27)30-20-22-35(2)31(33(26)30)18-19-32(35)43/h9,11,16-17,24-26,30-33,43H,4-8,10,12-15,18-23H2,1-3H3/b11-9+/t25?,26?,30?,31?,32-,33?,35-/m0/s1. The number of rotatable bonds is 16. The predicted molar refractivity (Wildman–Crippen MR) is 169 cm³/mol. The van der Waals surface area contributed by atoms with E-state index in [1.807, 2.05) is 0 Å². The number of hydrogen-bond acceptors (Lipinski definition) is 4. The fraction of sp³-hybridized carbons (Fsp3) is 0.757. The lowest BCUT2D eigenvalue weighted by Crippen LogP contribution is -2.47. The summed E-state index contributed by atoms with van der Waals surface area (Å²) in [4.78, 5) is 12.3. The monoisotopic (exact) mass is 656 g/mol. The van der Waals surface area contributed by atoms with Gasteiger partial charge in [0.2, 0.25) is 0 Å². The molecule has 0 aromatic heterocycles. The highest BCUT2D eigenvalue weighted by Crippen LogP contribution is 2.62. The predicted octanol–water partition coefficient (Wildman–Crippen LogP) is 9.97. The Kier molecular flexibility index (Phi) is 12.6. The molecule has 0 aliphatic heterocycles. The molecule has 0 amide bonds. The van der Waals surface area contributed by atoms with Crippen LogP contribution in [0.25, 0.3) is 0 Å². The summed E-state index contributed by atoms with van der Waals surface area (Å²) >= 11 is 0. The fourth-order valence-corrected chi connectivity index (χ4v) is 8.84. The number of methoxy groups -OCH3 is 1. The van der Waals surface area contributed by atoms with Gasteiger partial charge in [0, 0.05) is 6.42 Å². The molecular weight excluding hydrogens is 603 g/mol. The molecule has 4 rings (SSSR count). The minimum atomic E-state index is -5.57. The summed E-state index contributed by atoms with van der Waals surface area (Å²) in [6.07, 6.45) is 8.16. The number of alkyl halides is 5. The Morgan fingerprint density at radius 3 is 2.50 bits per heavy atom. The van der Waals surface area contributed by atoms with Crippen molar-refractivity contribution in [2.45, 2.75) is 134 Å². The number of halogens is 5. The van der Waals surface area contributed by atoms with Gasteiger partial charge >= 0.3 is 18.1 Å². The molecule has 1 aromatic rings. The van der Waals surface area contributed by atoms with Gasteiger partial charge in [0.05, 0.1) is 25.7 Å². The van der Waals surface area contributed by atoms with Crippen LogP contribution in [-0.4, -0.2) is 43.0 Å². The van der Waals surface area contributed by atoms with Crippen molar-refractivity contribution in [2.24, 2.45) is 29.1 Å². The minimum Gasteiger partial charge on any atom is -0.497 e. The molecule has 260 valence electrons. The smallest absolute Gasteiger partial charge is 0.453 e. The summed E-state index contributed by atoms with van der Waals surface area (Å²) < 4.78 is 74.7. The van der Waals surface area contributed by atoms with E-state index in [1.54, 1.807) is 14.0 Å². The van der Waals surface area contributed by atoms with Crippen LogP contribution in [0.1, 0.15) is 121 Å². The zero-order valence-electron chi connectivity index (χ0n) is 27.7. The third-order valence-electron chi connectivity index (χ3n) is 11.4. The number of aliphatic hydroxyl groups excluding tert-OH is 1. The van der Waals surface area contributed by atoms with E-state index in [9.17, 15) is 31.9 Å². The molecule has 0 radical (unpaired) electrons. The highest BCUT2D eigenvalue weighted by Gasteiger charge is 2.57. The van der Waals surface area contributed by atoms with Crippen LogP contribution in [0.5, 0.6) is 5.75 Å². The molecule has 3 aliphatic carbocycles. The van der Waals surface area contributed by atoms with Crippen molar-refractivity contribution in [2.75, 3.05) is 13.7 Å². The number of carbonyl (C=O) groups excluding carboxylic acids is 1. The normalized spacial score (nSPS) is 28.4. The molecule has 0 saturated heterocycles. The molecule has 2 fully saturated rings. The lowest BCUT2D eigenvalue weighted by molar-refractivity contribution is -0.284. The third-order valence-corrected chi connectivity index (χ3v) is 11.4. The van der Waals surface area contributed by atoms with Gasteiger partial charge in [0.15, 0.2) is 0 Å². The van der Waals surface area contributed by atoms with Crippen molar-refractivity contribution in [3.8, 4) is 5.75 Å². The first kappa shape index (κ1) is 36.7. The quantitative estimate of drug-likeness (QED) is 0.0833. The van der Waals surface area contributed by atoms with Crippen LogP contribution < -0.4 is 4.74 Å². The highest BCUT2D eigenvalue weighted by atomic mass is 19.4. The van der Waals surface area contributed by atoms with Crippen LogP contribution in [0.2, 0.25) is 0 Å². The van der Waals surface area contributed by atoms with Crippen LogP contribution in [-0.2, 0) is 16.0 Å². The van der Waals surface area contributed by atoms with E-state index in [2.05, 4.69) is 37.3 Å². The number of hydrogen-bond donors (Lipinski definition) is 1. The van der Waals surface area contributed by atoms with E-state index >= 15 is 0 Å². The van der Waals surface area contributed by atoms with Crippen LogP contribution >= 0.6 is 0 Å². The maximum Gasteiger partial charge on any atom is 0.453 e. The number of fused-ring (bicyclic) bond motifs is 5. The number of ether oxygens (including phenoxy) is 2. The van der Waals surface area contributed by atoms with Crippen LogP contribution in [0.15, 0.2) is 30.4 Å². The van der Waals surface area contributed by atoms with Crippen LogP contribution in [0.3, 0.4) is 0 Å². The van der Waals surface area contributed by atoms with Crippen LogP contribution in [0.4, 0.5) is 22.0 Å². The molecule has 46 heavy (non-hydrogen) atoms. The van der Waals surface area contributed by atoms with Crippen molar-refractivity contribution in [1.82, 2.24) is 0 Å². The van der Waals surface area contributed by atoms with Gasteiger partial charge in [-0.25, -0.2) is 0 Å². The van der Waals surface area contributed by atoms with Crippen molar-refractivity contribution in [1.29, 1.82) is 0 Å². The molecule has 4 nitrogen and oxygen atoms in total. The van der Waals surface area contributed by atoms with Gasteiger partial charge < -0.3 is 14.6 Å². The second kappa shape index (κ2) is 15.8. The SMILES string of the molecule is CCOC(=O)C(CCCCCC/C=C/CC1Cc2cc(OC)ccc2C2CC[C@@]3(C)C(CC[C@@H]3O)C12)CCCC(F)(F)C(F)(F)F. The Labute approximate surface area is 271 Å². The number of aliphatic hydroxyl groups is 1. The average molecular weight is 657 g/mol. The van der Waals surface area contributed by atoms with E-state index in [0.29, 0.717) is 36.5 Å². The number of benzene rings is 1. The molecular formula is C37H53F5O4. The summed E-state index contributed by atoms with van der Waals surface area (Å²) in [7, 11) is 1.71. The van der Waals surface area contributed by atoms with E-state index in [4.69, 9.17) is 9.47 Å². The molecule has 0 bridgehead atoms. The van der Waals surface area contributed by atoms with E-state index in [0.717, 1.165) is 70.0 Å². The fourth-order valence-electron chi connectivity index (χ4n) is 8.84. The summed E-state index contributed by atoms with van der Waals surface area (Å²) in [5.74, 6) is -2.87. The number of carbonyl (C=O) groups is 1. The topological polar surface area (TPSA) is 55.8 Å². The Bertz CT molecular complexity index is 1170. The zero-order chi connectivity index (χ0) is 33.5. The highest BCUT2D eigenvalue weighted by molar-refractivity contribution is 5.72. The summed E-state index contributed by atoms with van der Waals surface area (Å²) in [5, 5.41) is 10.9. The van der Waals surface area contributed by atoms with Gasteiger partial charge in [0.25, 0.3) is 0 Å². The van der Waals surface area contributed by atoms with Crippen molar-refractivity contribution < 1.29 is 41.3 Å². The van der Waals surface area contributed by atoms with Gasteiger partial charge in [-0.1, -0.05) is 44.4 Å². The Balaban J connectivity index is 1.24. The second-order valence-corrected chi connectivity index (χ2v) is 14.2. The van der Waals surface area contributed by atoms with Crippen LogP contribution in [0, 0.1) is 29.1 Å². The molecule has 7 atom stereocenters. The molecule has 0 heterocycles. The van der Waals surface area contributed by atoms with Gasteiger partial charge in [-0.3, -0.25) is 4.79 Å². The van der Waals surface area contributed by atoms with Gasteiger partial charge in [-0.2, -0.15) is 22.0 Å².